The topological polar surface area (TPSA) is 75.6 Å². The van der Waals surface area contributed by atoms with Crippen LogP contribution in [0.5, 0.6) is 5.75 Å². The molecule has 1 fully saturated rings. The molecule has 0 bridgehead atoms. The van der Waals surface area contributed by atoms with Crippen molar-refractivity contribution in [2.45, 2.75) is 31.9 Å². The van der Waals surface area contributed by atoms with E-state index in [1.165, 1.54) is 0 Å². The number of carboxylic acids is 1. The van der Waals surface area contributed by atoms with E-state index in [-0.39, 0.29) is 5.92 Å². The molecule has 1 aromatic rings. The summed E-state index contributed by atoms with van der Waals surface area (Å²) in [5, 5.41) is 12.2. The van der Waals surface area contributed by atoms with E-state index < -0.39 is 24.0 Å². The fourth-order valence-electron chi connectivity index (χ4n) is 1.90. The summed E-state index contributed by atoms with van der Waals surface area (Å²) >= 11 is 9.13. The van der Waals surface area contributed by atoms with Crippen molar-refractivity contribution in [1.29, 1.82) is 0 Å². The first-order valence-electron chi connectivity index (χ1n) is 6.53. The second-order valence-electron chi connectivity index (χ2n) is 5.00. The zero-order chi connectivity index (χ0) is 15.6. The summed E-state index contributed by atoms with van der Waals surface area (Å²) in [5.74, 6) is -0.955. The van der Waals surface area contributed by atoms with Gasteiger partial charge in [-0.05, 0) is 59.8 Å². The minimum atomic E-state index is -1.01. The summed E-state index contributed by atoms with van der Waals surface area (Å²) in [6.45, 7) is 1.57. The van der Waals surface area contributed by atoms with E-state index in [9.17, 15) is 9.59 Å². The van der Waals surface area contributed by atoms with Crippen LogP contribution in [-0.4, -0.2) is 29.1 Å². The molecule has 114 valence electrons. The van der Waals surface area contributed by atoms with Crippen LogP contribution < -0.4 is 10.1 Å². The van der Waals surface area contributed by atoms with Crippen molar-refractivity contribution in [2.75, 3.05) is 0 Å². The number of amides is 1. The van der Waals surface area contributed by atoms with Crippen molar-refractivity contribution in [3.8, 4) is 5.75 Å². The molecule has 1 aliphatic carbocycles. The molecule has 1 aliphatic rings. The lowest BCUT2D eigenvalue weighted by molar-refractivity contribution is -0.143. The fourth-order valence-corrected chi connectivity index (χ4v) is 2.67. The highest BCUT2D eigenvalue weighted by molar-refractivity contribution is 9.10. The largest absolute Gasteiger partial charge is 0.480 e. The predicted octanol–water partition coefficient (Wildman–Crippen LogP) is 2.85. The standard InChI is InChI=1S/C14H15BrClNO4/c1-7(21-11-5-4-9(16)6-10(11)15)13(18)17-12(14(19)20)8-2-3-8/h4-8,12H,2-3H2,1H3,(H,17,18)(H,19,20). The van der Waals surface area contributed by atoms with Crippen LogP contribution in [0.3, 0.4) is 0 Å². The molecule has 0 aliphatic heterocycles. The molecule has 21 heavy (non-hydrogen) atoms. The summed E-state index contributed by atoms with van der Waals surface area (Å²) in [5.41, 5.74) is 0. The highest BCUT2D eigenvalue weighted by atomic mass is 79.9. The number of carboxylic acid groups (broad SMARTS) is 1. The number of halogens is 2. The number of ether oxygens (including phenoxy) is 1. The summed E-state index contributed by atoms with van der Waals surface area (Å²) in [6.07, 6.45) is 0.854. The van der Waals surface area contributed by atoms with Gasteiger partial charge in [0.15, 0.2) is 6.10 Å². The Morgan fingerprint density at radius 3 is 2.67 bits per heavy atom. The molecule has 1 saturated carbocycles. The van der Waals surface area contributed by atoms with Gasteiger partial charge in [0.2, 0.25) is 0 Å². The van der Waals surface area contributed by atoms with E-state index in [0.717, 1.165) is 12.8 Å². The normalized spacial score (nSPS) is 16.9. The Balaban J connectivity index is 1.97. The van der Waals surface area contributed by atoms with Gasteiger partial charge < -0.3 is 15.2 Å². The number of hydrogen-bond donors (Lipinski definition) is 2. The molecular formula is C14H15BrClNO4. The van der Waals surface area contributed by atoms with Gasteiger partial charge in [-0.1, -0.05) is 11.6 Å². The molecule has 0 radical (unpaired) electrons. The third-order valence-corrected chi connectivity index (χ3v) is 4.08. The number of carbonyl (C=O) groups excluding carboxylic acids is 1. The average molecular weight is 377 g/mol. The molecule has 5 nitrogen and oxygen atoms in total. The zero-order valence-corrected chi connectivity index (χ0v) is 13.6. The number of carbonyl (C=O) groups is 2. The van der Waals surface area contributed by atoms with Gasteiger partial charge in [-0.15, -0.1) is 0 Å². The SMILES string of the molecule is CC(Oc1ccc(Cl)cc1Br)C(=O)NC(C(=O)O)C1CC1. The van der Waals surface area contributed by atoms with E-state index in [2.05, 4.69) is 21.2 Å². The molecule has 1 aromatic carbocycles. The molecule has 2 rings (SSSR count). The smallest absolute Gasteiger partial charge is 0.326 e. The van der Waals surface area contributed by atoms with E-state index in [4.69, 9.17) is 21.4 Å². The Morgan fingerprint density at radius 1 is 1.48 bits per heavy atom. The van der Waals surface area contributed by atoms with E-state index in [1.807, 2.05) is 0 Å². The maximum Gasteiger partial charge on any atom is 0.326 e. The molecule has 2 unspecified atom stereocenters. The zero-order valence-electron chi connectivity index (χ0n) is 11.3. The number of nitrogens with one attached hydrogen (secondary N) is 1. The number of hydrogen-bond acceptors (Lipinski definition) is 3. The Kier molecular flexibility index (Phi) is 5.11. The predicted molar refractivity (Wildman–Crippen MR) is 81.5 cm³/mol. The Hall–Kier alpha value is -1.27. The molecule has 2 atom stereocenters. The summed E-state index contributed by atoms with van der Waals surface area (Å²) < 4.78 is 6.16. The van der Waals surface area contributed by atoms with Crippen LogP contribution in [0.4, 0.5) is 0 Å². The van der Waals surface area contributed by atoms with Crippen LogP contribution in [0.1, 0.15) is 19.8 Å². The Bertz CT molecular complexity index is 562. The quantitative estimate of drug-likeness (QED) is 0.800. The van der Waals surface area contributed by atoms with Gasteiger partial charge >= 0.3 is 5.97 Å². The molecule has 2 N–H and O–H groups in total. The van der Waals surface area contributed by atoms with Crippen LogP contribution in [-0.2, 0) is 9.59 Å². The van der Waals surface area contributed by atoms with Crippen molar-refractivity contribution in [1.82, 2.24) is 5.32 Å². The van der Waals surface area contributed by atoms with Crippen LogP contribution in [0.15, 0.2) is 22.7 Å². The lowest BCUT2D eigenvalue weighted by Gasteiger charge is -2.19. The van der Waals surface area contributed by atoms with Gasteiger partial charge in [-0.3, -0.25) is 4.79 Å². The third-order valence-electron chi connectivity index (χ3n) is 3.22. The third kappa shape index (κ3) is 4.35. The van der Waals surface area contributed by atoms with Crippen molar-refractivity contribution in [3.05, 3.63) is 27.7 Å². The van der Waals surface area contributed by atoms with E-state index in [0.29, 0.717) is 15.2 Å². The number of rotatable bonds is 6. The molecule has 0 heterocycles. The summed E-state index contributed by atoms with van der Waals surface area (Å²) in [4.78, 5) is 23.1. The second-order valence-corrected chi connectivity index (χ2v) is 6.29. The lowest BCUT2D eigenvalue weighted by atomic mass is 10.2. The molecule has 0 aromatic heterocycles. The highest BCUT2D eigenvalue weighted by Crippen LogP contribution is 2.33. The van der Waals surface area contributed by atoms with Gasteiger partial charge in [-0.2, -0.15) is 0 Å². The van der Waals surface area contributed by atoms with Gasteiger partial charge in [0.25, 0.3) is 5.91 Å². The Labute approximate surface area is 135 Å². The van der Waals surface area contributed by atoms with Crippen molar-refractivity contribution < 1.29 is 19.4 Å². The van der Waals surface area contributed by atoms with E-state index in [1.54, 1.807) is 25.1 Å². The van der Waals surface area contributed by atoms with Crippen LogP contribution in [0, 0.1) is 5.92 Å². The van der Waals surface area contributed by atoms with Gasteiger partial charge in [0, 0.05) is 5.02 Å². The minimum Gasteiger partial charge on any atom is -0.480 e. The molecular weight excluding hydrogens is 362 g/mol. The van der Waals surface area contributed by atoms with Crippen LogP contribution in [0.25, 0.3) is 0 Å². The lowest BCUT2D eigenvalue weighted by Crippen LogP contribution is -2.47. The first-order chi connectivity index (χ1) is 9.88. The number of aliphatic carboxylic acids is 1. The maximum atomic E-state index is 12.0. The van der Waals surface area contributed by atoms with Gasteiger partial charge in [-0.25, -0.2) is 4.79 Å². The molecule has 1 amide bonds. The highest BCUT2D eigenvalue weighted by Gasteiger charge is 2.38. The van der Waals surface area contributed by atoms with Crippen molar-refractivity contribution >= 4 is 39.4 Å². The minimum absolute atomic E-state index is 0.0286. The number of benzene rings is 1. The first kappa shape index (κ1) is 16.1. The Morgan fingerprint density at radius 2 is 2.14 bits per heavy atom. The monoisotopic (exact) mass is 375 g/mol. The molecule has 0 spiro atoms. The van der Waals surface area contributed by atoms with E-state index >= 15 is 0 Å². The van der Waals surface area contributed by atoms with Crippen LogP contribution >= 0.6 is 27.5 Å². The second kappa shape index (κ2) is 6.66. The summed E-state index contributed by atoms with van der Waals surface area (Å²) in [7, 11) is 0. The molecule has 7 heteroatoms. The van der Waals surface area contributed by atoms with Crippen molar-refractivity contribution in [3.63, 3.8) is 0 Å². The summed E-state index contributed by atoms with van der Waals surface area (Å²) in [6, 6.07) is 4.12. The average Bonchev–Trinajstić information content (AvgIpc) is 3.22. The maximum absolute atomic E-state index is 12.0. The first-order valence-corrected chi connectivity index (χ1v) is 7.70. The van der Waals surface area contributed by atoms with Gasteiger partial charge in [0.1, 0.15) is 11.8 Å². The van der Waals surface area contributed by atoms with Crippen LogP contribution in [0.2, 0.25) is 5.02 Å². The van der Waals surface area contributed by atoms with Gasteiger partial charge in [0.05, 0.1) is 4.47 Å². The van der Waals surface area contributed by atoms with Crippen molar-refractivity contribution in [2.24, 2.45) is 5.92 Å². The fraction of sp³-hybridized carbons (Fsp3) is 0.429. The molecule has 0 saturated heterocycles.